The van der Waals surface area contributed by atoms with Gasteiger partial charge in [0.05, 0.1) is 18.0 Å². The zero-order chi connectivity index (χ0) is 9.84. The number of carbonyl (C=O) groups excluding carboxylic acids is 1. The first-order valence-electron chi connectivity index (χ1n) is 3.59. The molecular weight excluding hydrogens is 206 g/mol. The third kappa shape index (κ3) is 2.79. The van der Waals surface area contributed by atoms with Crippen molar-refractivity contribution in [3.8, 4) is 0 Å². The fourth-order valence-electron chi connectivity index (χ4n) is 0.830. The quantitative estimate of drug-likeness (QED) is 0.617. The smallest absolute Gasteiger partial charge is 0.248 e. The van der Waals surface area contributed by atoms with Gasteiger partial charge in [0.25, 0.3) is 0 Å². The van der Waals surface area contributed by atoms with Crippen LogP contribution in [0.5, 0.6) is 0 Å². The highest BCUT2D eigenvalue weighted by Crippen LogP contribution is 2.01. The van der Waals surface area contributed by atoms with Crippen molar-refractivity contribution in [1.29, 1.82) is 5.41 Å². The van der Waals surface area contributed by atoms with Gasteiger partial charge in [-0.15, -0.1) is 12.4 Å². The molecule has 0 aliphatic rings. The minimum atomic E-state index is -0.575. The second kappa shape index (κ2) is 5.31. The summed E-state index contributed by atoms with van der Waals surface area (Å²) in [6.07, 6.45) is 1.37. The van der Waals surface area contributed by atoms with Crippen LogP contribution in [0.1, 0.15) is 16.1 Å². The fraction of sp³-hybridized carbons (Fsp3) is 0.125. The molecule has 0 aliphatic carbocycles. The predicted octanol–water partition coefficient (Wildman–Crippen LogP) is -0.0375. The number of aliphatic hydroxyl groups is 1. The van der Waals surface area contributed by atoms with Crippen LogP contribution in [0.2, 0.25) is 0 Å². The summed E-state index contributed by atoms with van der Waals surface area (Å²) >= 11 is 0. The van der Waals surface area contributed by atoms with E-state index in [-0.39, 0.29) is 29.4 Å². The Labute approximate surface area is 86.9 Å². The van der Waals surface area contributed by atoms with E-state index in [1.54, 1.807) is 0 Å². The van der Waals surface area contributed by atoms with Crippen molar-refractivity contribution in [3.63, 3.8) is 0 Å². The third-order valence-corrected chi connectivity index (χ3v) is 1.51. The lowest BCUT2D eigenvalue weighted by Gasteiger charge is -2.00. The zero-order valence-electron chi connectivity index (χ0n) is 7.23. The number of halogens is 1. The third-order valence-electron chi connectivity index (χ3n) is 1.51. The first kappa shape index (κ1) is 12.5. The van der Waals surface area contributed by atoms with E-state index in [9.17, 15) is 4.79 Å². The summed E-state index contributed by atoms with van der Waals surface area (Å²) in [6.45, 7) is -0.408. The highest BCUT2D eigenvalue weighted by molar-refractivity contribution is 6.00. The first-order chi connectivity index (χ1) is 6.15. The van der Waals surface area contributed by atoms with Gasteiger partial charge in [0.2, 0.25) is 5.91 Å². The normalized spacial score (nSPS) is 8.93. The van der Waals surface area contributed by atoms with E-state index in [0.717, 1.165) is 0 Å². The van der Waals surface area contributed by atoms with Crippen LogP contribution in [0.4, 0.5) is 0 Å². The van der Waals surface area contributed by atoms with Gasteiger partial charge in [0.15, 0.2) is 0 Å². The van der Waals surface area contributed by atoms with Crippen molar-refractivity contribution in [3.05, 3.63) is 29.6 Å². The Morgan fingerprint density at radius 3 is 2.79 bits per heavy atom. The Morgan fingerprint density at radius 1 is 1.64 bits per heavy atom. The minimum absolute atomic E-state index is 0. The van der Waals surface area contributed by atoms with Crippen molar-refractivity contribution in [2.45, 2.75) is 0 Å². The Kier molecular flexibility index (Phi) is 4.76. The highest BCUT2D eigenvalue weighted by Gasteiger charge is 2.05. The molecule has 0 fully saturated rings. The molecule has 0 saturated carbocycles. The van der Waals surface area contributed by atoms with Gasteiger partial charge in [-0.05, 0) is 12.1 Å². The van der Waals surface area contributed by atoms with Gasteiger partial charge in [-0.1, -0.05) is 0 Å². The van der Waals surface area contributed by atoms with E-state index in [1.807, 2.05) is 0 Å². The molecule has 1 aromatic heterocycles. The standard InChI is InChI=1S/C8H9N3O2.ClH/c9-6(4-12)7-3-5(8(10)13)1-2-11-7;/h1-3,9,12H,4H2,(H2,10,13);1H. The summed E-state index contributed by atoms with van der Waals surface area (Å²) in [7, 11) is 0. The number of hydrogen-bond acceptors (Lipinski definition) is 4. The molecule has 0 aliphatic heterocycles. The van der Waals surface area contributed by atoms with E-state index < -0.39 is 12.5 Å². The molecule has 1 heterocycles. The first-order valence-corrected chi connectivity index (χ1v) is 3.59. The number of nitrogens with two attached hydrogens (primary N) is 1. The van der Waals surface area contributed by atoms with Gasteiger partial charge in [-0.25, -0.2) is 0 Å². The predicted molar refractivity (Wildman–Crippen MR) is 53.9 cm³/mol. The Morgan fingerprint density at radius 2 is 2.29 bits per heavy atom. The molecule has 76 valence electrons. The van der Waals surface area contributed by atoms with Gasteiger partial charge in [-0.2, -0.15) is 0 Å². The molecule has 0 spiro atoms. The number of rotatable bonds is 3. The number of carbonyl (C=O) groups is 1. The molecule has 0 aromatic carbocycles. The average molecular weight is 216 g/mol. The fourth-order valence-corrected chi connectivity index (χ4v) is 0.830. The Balaban J connectivity index is 0.00000169. The number of nitrogens with one attached hydrogen (secondary N) is 1. The molecule has 1 rings (SSSR count). The molecule has 5 nitrogen and oxygen atoms in total. The highest BCUT2D eigenvalue weighted by atomic mass is 35.5. The van der Waals surface area contributed by atoms with E-state index in [4.69, 9.17) is 16.2 Å². The van der Waals surface area contributed by atoms with Crippen LogP contribution in [0.15, 0.2) is 18.3 Å². The van der Waals surface area contributed by atoms with Gasteiger partial charge in [0.1, 0.15) is 0 Å². The zero-order valence-corrected chi connectivity index (χ0v) is 8.04. The molecular formula is C8H10ClN3O2. The van der Waals surface area contributed by atoms with Gasteiger partial charge >= 0.3 is 0 Å². The largest absolute Gasteiger partial charge is 0.390 e. The second-order valence-electron chi connectivity index (χ2n) is 2.43. The monoisotopic (exact) mass is 215 g/mol. The maximum atomic E-state index is 10.7. The van der Waals surface area contributed by atoms with Crippen molar-refractivity contribution >= 4 is 24.0 Å². The lowest BCUT2D eigenvalue weighted by atomic mass is 10.2. The maximum Gasteiger partial charge on any atom is 0.248 e. The molecule has 0 radical (unpaired) electrons. The van der Waals surface area contributed by atoms with Gasteiger partial charge in [-0.3, -0.25) is 9.78 Å². The van der Waals surface area contributed by atoms with Crippen LogP contribution < -0.4 is 5.73 Å². The number of nitrogens with zero attached hydrogens (tertiary/aromatic N) is 1. The second-order valence-corrected chi connectivity index (χ2v) is 2.43. The number of aliphatic hydroxyl groups excluding tert-OH is 1. The van der Waals surface area contributed by atoms with Crippen LogP contribution in [-0.2, 0) is 0 Å². The van der Waals surface area contributed by atoms with Crippen LogP contribution in [0.3, 0.4) is 0 Å². The van der Waals surface area contributed by atoms with E-state index in [0.29, 0.717) is 0 Å². The van der Waals surface area contributed by atoms with Gasteiger partial charge < -0.3 is 16.2 Å². The Bertz CT molecular complexity index is 354. The summed E-state index contributed by atoms with van der Waals surface area (Å²) < 4.78 is 0. The number of primary amides is 1. The van der Waals surface area contributed by atoms with Crippen LogP contribution in [-0.4, -0.2) is 28.3 Å². The van der Waals surface area contributed by atoms with E-state index in [2.05, 4.69) is 4.98 Å². The SMILES string of the molecule is Cl.N=C(CO)c1cc(C(N)=O)ccn1. The number of amides is 1. The van der Waals surface area contributed by atoms with E-state index in [1.165, 1.54) is 18.3 Å². The van der Waals surface area contributed by atoms with Crippen molar-refractivity contribution in [1.82, 2.24) is 4.98 Å². The van der Waals surface area contributed by atoms with Crippen molar-refractivity contribution in [2.24, 2.45) is 5.73 Å². The summed E-state index contributed by atoms with van der Waals surface area (Å²) in [4.78, 5) is 14.5. The Hall–Kier alpha value is -1.46. The summed E-state index contributed by atoms with van der Waals surface area (Å²) in [6, 6.07) is 2.83. The van der Waals surface area contributed by atoms with E-state index >= 15 is 0 Å². The maximum absolute atomic E-state index is 10.7. The number of pyridine rings is 1. The molecule has 1 amide bonds. The van der Waals surface area contributed by atoms with Gasteiger partial charge in [0, 0.05) is 11.8 Å². The molecule has 0 unspecified atom stereocenters. The molecule has 0 atom stereocenters. The topological polar surface area (TPSA) is 100 Å². The summed E-state index contributed by atoms with van der Waals surface area (Å²) in [5.41, 5.74) is 5.53. The number of hydrogen-bond donors (Lipinski definition) is 3. The molecule has 14 heavy (non-hydrogen) atoms. The van der Waals surface area contributed by atoms with Crippen LogP contribution in [0.25, 0.3) is 0 Å². The molecule has 4 N–H and O–H groups in total. The molecule has 0 saturated heterocycles. The lowest BCUT2D eigenvalue weighted by molar-refractivity contribution is 0.1000. The number of aromatic nitrogens is 1. The van der Waals surface area contributed by atoms with Crippen LogP contribution >= 0.6 is 12.4 Å². The lowest BCUT2D eigenvalue weighted by Crippen LogP contribution is -2.14. The molecule has 0 bridgehead atoms. The summed E-state index contributed by atoms with van der Waals surface area (Å²) in [5.74, 6) is -0.575. The molecule has 1 aromatic rings. The van der Waals surface area contributed by atoms with Crippen molar-refractivity contribution < 1.29 is 9.90 Å². The minimum Gasteiger partial charge on any atom is -0.390 e. The summed E-state index contributed by atoms with van der Waals surface area (Å²) in [5, 5.41) is 15.9. The van der Waals surface area contributed by atoms with Crippen LogP contribution in [0, 0.1) is 5.41 Å². The van der Waals surface area contributed by atoms with Crippen molar-refractivity contribution in [2.75, 3.05) is 6.61 Å². The molecule has 6 heteroatoms. The average Bonchev–Trinajstić information content (AvgIpc) is 2.17.